The number of alkyl halides is 3. The van der Waals surface area contributed by atoms with Gasteiger partial charge in [-0.25, -0.2) is 9.59 Å². The average molecular weight is 462 g/mol. The van der Waals surface area contributed by atoms with E-state index in [0.29, 0.717) is 5.69 Å². The first-order chi connectivity index (χ1) is 15.6. The van der Waals surface area contributed by atoms with E-state index in [0.717, 1.165) is 29.0 Å². The lowest BCUT2D eigenvalue weighted by molar-refractivity contribution is -0.267. The number of halogens is 3. The number of aliphatic hydroxyl groups is 1. The monoisotopic (exact) mass is 462 g/mol. The molecule has 3 rings (SSSR count). The fourth-order valence-electron chi connectivity index (χ4n) is 3.20. The van der Waals surface area contributed by atoms with Gasteiger partial charge in [0.2, 0.25) is 0 Å². The number of carbonyl (C=O) groups excluding carboxylic acids is 2. The number of benzene rings is 3. The minimum absolute atomic E-state index is 0.0212. The van der Waals surface area contributed by atoms with Crippen LogP contribution in [-0.2, 0) is 15.1 Å². The van der Waals surface area contributed by atoms with E-state index in [9.17, 15) is 27.9 Å². The highest BCUT2D eigenvalue weighted by atomic mass is 19.4. The van der Waals surface area contributed by atoms with Gasteiger partial charge in [-0.3, -0.25) is 0 Å². The number of hydrogen-bond acceptors (Lipinski definition) is 5. The van der Waals surface area contributed by atoms with Crippen LogP contribution in [0.3, 0.4) is 0 Å². The second kappa shape index (κ2) is 9.37. The summed E-state index contributed by atoms with van der Waals surface area (Å²) in [6.07, 6.45) is -5.35. The van der Waals surface area contributed by atoms with E-state index in [1.165, 1.54) is 14.0 Å². The van der Waals surface area contributed by atoms with Crippen molar-refractivity contribution in [1.29, 1.82) is 0 Å². The third-order valence-electron chi connectivity index (χ3n) is 4.86. The summed E-state index contributed by atoms with van der Waals surface area (Å²) < 4.78 is 50.3. The number of nitrogens with one attached hydrogen (secondary N) is 2. The van der Waals surface area contributed by atoms with Crippen LogP contribution in [0.4, 0.5) is 29.3 Å². The highest BCUT2D eigenvalue weighted by Crippen LogP contribution is 2.42. The van der Waals surface area contributed by atoms with E-state index in [2.05, 4.69) is 15.4 Å². The van der Waals surface area contributed by atoms with Crippen molar-refractivity contribution in [3.05, 3.63) is 66.2 Å². The molecule has 0 heterocycles. The lowest BCUT2D eigenvalue weighted by atomic mass is 9.92. The fraction of sp³-hybridized carbons (Fsp3) is 0.217. The number of ether oxygens (including phenoxy) is 2. The Labute approximate surface area is 187 Å². The summed E-state index contributed by atoms with van der Waals surface area (Å²) in [5.41, 5.74) is -4.20. The molecule has 10 heteroatoms. The number of methoxy groups -OCH3 is 1. The zero-order chi connectivity index (χ0) is 24.2. The van der Waals surface area contributed by atoms with Gasteiger partial charge in [-0.1, -0.05) is 36.4 Å². The molecule has 2 amide bonds. The predicted molar refractivity (Wildman–Crippen MR) is 116 cm³/mol. The topological polar surface area (TPSA) is 96.9 Å². The third-order valence-corrected chi connectivity index (χ3v) is 4.86. The molecule has 0 saturated heterocycles. The van der Waals surface area contributed by atoms with Gasteiger partial charge in [-0.15, -0.1) is 0 Å². The van der Waals surface area contributed by atoms with Crippen LogP contribution in [-0.4, -0.2) is 37.0 Å². The average Bonchev–Trinajstić information content (AvgIpc) is 2.78. The normalized spacial score (nSPS) is 13.2. The SMILES string of the molecule is CCOC(=O)C(O)(c1ccc(NC(=O)Nc2ccc3ccccc3c2)c(OC)c1)C(F)(F)F. The number of esters is 1. The Morgan fingerprint density at radius 1 is 0.970 bits per heavy atom. The van der Waals surface area contributed by atoms with Crippen LogP contribution in [0.2, 0.25) is 0 Å². The first kappa shape index (κ1) is 23.9. The molecule has 0 aliphatic heterocycles. The van der Waals surface area contributed by atoms with Crippen LogP contribution in [0, 0.1) is 0 Å². The van der Waals surface area contributed by atoms with Gasteiger partial charge in [-0.05, 0) is 42.0 Å². The summed E-state index contributed by atoms with van der Waals surface area (Å²) >= 11 is 0. The van der Waals surface area contributed by atoms with E-state index in [1.54, 1.807) is 12.1 Å². The van der Waals surface area contributed by atoms with Crippen LogP contribution in [0.1, 0.15) is 12.5 Å². The van der Waals surface area contributed by atoms with E-state index in [1.807, 2.05) is 30.3 Å². The molecule has 3 aromatic carbocycles. The van der Waals surface area contributed by atoms with Crippen LogP contribution in [0.15, 0.2) is 60.7 Å². The summed E-state index contributed by atoms with van der Waals surface area (Å²) in [6.45, 7) is 0.958. The molecule has 174 valence electrons. The van der Waals surface area contributed by atoms with Gasteiger partial charge in [0.15, 0.2) is 0 Å². The predicted octanol–water partition coefficient (Wildman–Crippen LogP) is 4.81. The van der Waals surface area contributed by atoms with Crippen molar-refractivity contribution < 1.29 is 37.3 Å². The van der Waals surface area contributed by atoms with Gasteiger partial charge < -0.3 is 25.2 Å². The number of urea groups is 1. The Kier molecular flexibility index (Phi) is 6.78. The zero-order valence-corrected chi connectivity index (χ0v) is 17.7. The van der Waals surface area contributed by atoms with Crippen LogP contribution >= 0.6 is 0 Å². The Balaban J connectivity index is 1.85. The van der Waals surface area contributed by atoms with Crippen LogP contribution < -0.4 is 15.4 Å². The molecule has 0 aromatic heterocycles. The Bertz CT molecular complexity index is 1180. The summed E-state index contributed by atoms with van der Waals surface area (Å²) in [5.74, 6) is -2.07. The molecule has 33 heavy (non-hydrogen) atoms. The van der Waals surface area contributed by atoms with E-state index in [4.69, 9.17) is 4.74 Å². The highest BCUT2D eigenvalue weighted by Gasteiger charge is 2.62. The molecule has 1 unspecified atom stereocenters. The number of carbonyl (C=O) groups is 2. The molecule has 0 aliphatic carbocycles. The molecule has 3 aromatic rings. The molecule has 7 nitrogen and oxygen atoms in total. The number of hydrogen-bond donors (Lipinski definition) is 3. The third kappa shape index (κ3) is 4.85. The zero-order valence-electron chi connectivity index (χ0n) is 17.7. The molecular formula is C23H21F3N2O5. The number of rotatable bonds is 6. The summed E-state index contributed by atoms with van der Waals surface area (Å²) in [6, 6.07) is 14.9. The van der Waals surface area contributed by atoms with E-state index >= 15 is 0 Å². The second-order valence-electron chi connectivity index (χ2n) is 6.98. The molecule has 3 N–H and O–H groups in total. The fourth-order valence-corrected chi connectivity index (χ4v) is 3.20. The lowest BCUT2D eigenvalue weighted by Gasteiger charge is -2.29. The standard InChI is InChI=1S/C23H21F3N2O5/c1-3-33-20(29)22(31,23(24,25)26)16-9-11-18(19(13-16)32-2)28-21(30)27-17-10-8-14-6-4-5-7-15(14)12-17/h4-13,31H,3H2,1-2H3,(H2,27,28,30). The number of fused-ring (bicyclic) bond motifs is 1. The largest absolute Gasteiger partial charge is 0.495 e. The smallest absolute Gasteiger partial charge is 0.432 e. The Morgan fingerprint density at radius 2 is 1.67 bits per heavy atom. The molecule has 0 aliphatic rings. The van der Waals surface area contributed by atoms with Gasteiger partial charge in [0.1, 0.15) is 5.75 Å². The van der Waals surface area contributed by atoms with Gasteiger partial charge in [0.25, 0.3) is 5.60 Å². The molecule has 0 fully saturated rings. The first-order valence-corrected chi connectivity index (χ1v) is 9.81. The minimum atomic E-state index is -5.35. The van der Waals surface area contributed by atoms with Crippen molar-refractivity contribution in [1.82, 2.24) is 0 Å². The van der Waals surface area contributed by atoms with Gasteiger partial charge in [0.05, 0.1) is 19.4 Å². The molecule has 0 saturated carbocycles. The van der Waals surface area contributed by atoms with Crippen LogP contribution in [0.5, 0.6) is 5.75 Å². The summed E-state index contributed by atoms with van der Waals surface area (Å²) in [5, 5.41) is 17.2. The van der Waals surface area contributed by atoms with Crippen LogP contribution in [0.25, 0.3) is 10.8 Å². The maximum atomic E-state index is 13.6. The van der Waals surface area contributed by atoms with Crippen molar-refractivity contribution in [2.75, 3.05) is 24.4 Å². The van der Waals surface area contributed by atoms with Crippen molar-refractivity contribution in [3.8, 4) is 5.75 Å². The lowest BCUT2D eigenvalue weighted by Crippen LogP contribution is -2.50. The number of anilines is 2. The molecule has 0 bridgehead atoms. The highest BCUT2D eigenvalue weighted by molar-refractivity contribution is 6.02. The van der Waals surface area contributed by atoms with E-state index < -0.39 is 29.3 Å². The first-order valence-electron chi connectivity index (χ1n) is 9.81. The van der Waals surface area contributed by atoms with Crippen molar-refractivity contribution in [2.24, 2.45) is 0 Å². The number of amides is 2. The molecule has 0 spiro atoms. The Morgan fingerprint density at radius 3 is 2.30 bits per heavy atom. The summed E-state index contributed by atoms with van der Waals surface area (Å²) in [4.78, 5) is 24.4. The Hall–Kier alpha value is -3.79. The molecular weight excluding hydrogens is 441 g/mol. The van der Waals surface area contributed by atoms with Gasteiger partial charge >= 0.3 is 18.2 Å². The van der Waals surface area contributed by atoms with Gasteiger partial charge in [0, 0.05) is 11.3 Å². The van der Waals surface area contributed by atoms with Crippen molar-refractivity contribution in [3.63, 3.8) is 0 Å². The maximum absolute atomic E-state index is 13.6. The second-order valence-corrected chi connectivity index (χ2v) is 6.98. The molecule has 0 radical (unpaired) electrons. The molecule has 1 atom stereocenters. The minimum Gasteiger partial charge on any atom is -0.495 e. The summed E-state index contributed by atoms with van der Waals surface area (Å²) in [7, 11) is 1.17. The maximum Gasteiger partial charge on any atom is 0.432 e. The van der Waals surface area contributed by atoms with Crippen molar-refractivity contribution in [2.45, 2.75) is 18.7 Å². The van der Waals surface area contributed by atoms with Gasteiger partial charge in [-0.2, -0.15) is 13.2 Å². The van der Waals surface area contributed by atoms with Crippen molar-refractivity contribution >= 4 is 34.1 Å². The quantitative estimate of drug-likeness (QED) is 0.457. The van der Waals surface area contributed by atoms with E-state index in [-0.39, 0.29) is 18.0 Å².